The number of benzene rings is 1. The van der Waals surface area contributed by atoms with Gasteiger partial charge in [-0.05, 0) is 36.2 Å². The zero-order chi connectivity index (χ0) is 18.5. The van der Waals surface area contributed by atoms with E-state index in [0.29, 0.717) is 18.2 Å². The predicted octanol–water partition coefficient (Wildman–Crippen LogP) is 3.79. The van der Waals surface area contributed by atoms with E-state index in [-0.39, 0.29) is 0 Å². The van der Waals surface area contributed by atoms with Gasteiger partial charge >= 0.3 is 0 Å². The van der Waals surface area contributed by atoms with E-state index in [2.05, 4.69) is 31.3 Å². The Morgan fingerprint density at radius 3 is 2.81 bits per heavy atom. The predicted molar refractivity (Wildman–Crippen MR) is 106 cm³/mol. The normalized spacial score (nSPS) is 11.8. The van der Waals surface area contributed by atoms with Crippen LogP contribution in [-0.2, 0) is 6.42 Å². The third-order valence-corrected chi connectivity index (χ3v) is 5.18. The molecule has 0 aliphatic rings. The number of pyridine rings is 1. The average Bonchev–Trinajstić information content (AvgIpc) is 3.13. The molecule has 0 saturated heterocycles. The van der Waals surface area contributed by atoms with E-state index in [1.165, 1.54) is 11.3 Å². The molecule has 3 heterocycles. The summed E-state index contributed by atoms with van der Waals surface area (Å²) < 4.78 is 1.07. The highest BCUT2D eigenvalue weighted by atomic mass is 32.1. The van der Waals surface area contributed by atoms with E-state index in [1.807, 2.05) is 42.6 Å². The molecule has 0 radical (unpaired) electrons. The van der Waals surface area contributed by atoms with E-state index in [0.717, 1.165) is 27.2 Å². The van der Waals surface area contributed by atoms with Crippen molar-refractivity contribution in [2.24, 2.45) is 0 Å². The fraction of sp³-hybridized carbons (Fsp3) is 0.150. The molecule has 0 fully saturated rings. The Morgan fingerprint density at radius 1 is 1.07 bits per heavy atom. The maximum absolute atomic E-state index is 9.70. The van der Waals surface area contributed by atoms with Crippen molar-refractivity contribution in [2.75, 3.05) is 11.9 Å². The first-order valence-corrected chi connectivity index (χ1v) is 9.36. The molecule has 4 rings (SSSR count). The van der Waals surface area contributed by atoms with Gasteiger partial charge in [0.2, 0.25) is 5.95 Å². The number of thiazole rings is 1. The van der Waals surface area contributed by atoms with Crippen LogP contribution in [0.1, 0.15) is 22.2 Å². The van der Waals surface area contributed by atoms with Crippen molar-refractivity contribution in [1.82, 2.24) is 19.9 Å². The van der Waals surface area contributed by atoms with Crippen LogP contribution in [0.5, 0.6) is 0 Å². The van der Waals surface area contributed by atoms with Crippen LogP contribution in [0, 0.1) is 11.3 Å². The van der Waals surface area contributed by atoms with Gasteiger partial charge in [0, 0.05) is 25.1 Å². The highest BCUT2D eigenvalue weighted by molar-refractivity contribution is 7.18. The molecule has 0 aliphatic heterocycles. The number of hydrogen-bond acceptors (Lipinski definition) is 7. The first kappa shape index (κ1) is 17.1. The molecule has 4 aromatic rings. The Kier molecular flexibility index (Phi) is 4.99. The third-order valence-electron chi connectivity index (χ3n) is 4.08. The average molecular weight is 372 g/mol. The molecule has 1 N–H and O–H groups in total. The van der Waals surface area contributed by atoms with Crippen molar-refractivity contribution in [1.29, 1.82) is 5.26 Å². The molecule has 7 heteroatoms. The Labute approximate surface area is 160 Å². The highest BCUT2D eigenvalue weighted by Crippen LogP contribution is 2.30. The van der Waals surface area contributed by atoms with Crippen molar-refractivity contribution in [3.8, 4) is 6.07 Å². The Morgan fingerprint density at radius 2 is 2.00 bits per heavy atom. The number of rotatable bonds is 6. The molecule has 0 amide bonds. The van der Waals surface area contributed by atoms with Crippen LogP contribution in [0.3, 0.4) is 0 Å². The second kappa shape index (κ2) is 7.89. The number of para-hydroxylation sites is 1. The van der Waals surface area contributed by atoms with Gasteiger partial charge < -0.3 is 5.32 Å². The fourth-order valence-electron chi connectivity index (χ4n) is 2.74. The van der Waals surface area contributed by atoms with Crippen LogP contribution in [0.2, 0.25) is 0 Å². The molecule has 0 aliphatic carbocycles. The van der Waals surface area contributed by atoms with Crippen LogP contribution in [0.4, 0.5) is 5.95 Å². The minimum Gasteiger partial charge on any atom is -0.354 e. The van der Waals surface area contributed by atoms with Gasteiger partial charge in [-0.3, -0.25) is 4.98 Å². The Bertz CT molecular complexity index is 1050. The summed E-state index contributed by atoms with van der Waals surface area (Å²) >= 11 is 1.52. The van der Waals surface area contributed by atoms with Crippen molar-refractivity contribution in [3.05, 3.63) is 77.3 Å². The van der Waals surface area contributed by atoms with Gasteiger partial charge in [-0.1, -0.05) is 18.2 Å². The summed E-state index contributed by atoms with van der Waals surface area (Å²) in [7, 11) is 0. The number of nitriles is 1. The molecule has 6 nitrogen and oxygen atoms in total. The van der Waals surface area contributed by atoms with Gasteiger partial charge in [-0.25, -0.2) is 15.0 Å². The van der Waals surface area contributed by atoms with Crippen molar-refractivity contribution < 1.29 is 0 Å². The lowest BCUT2D eigenvalue weighted by molar-refractivity contribution is 0.915. The maximum atomic E-state index is 9.70. The molecule has 0 unspecified atom stereocenters. The molecular weight excluding hydrogens is 356 g/mol. The van der Waals surface area contributed by atoms with Crippen LogP contribution in [0.25, 0.3) is 10.2 Å². The SMILES string of the molecule is N#C[C@@H](c1ccnc(NCCc2cccnc2)n1)c1nc2ccccc2s1. The number of fused-ring (bicyclic) bond motifs is 1. The second-order valence-corrected chi connectivity index (χ2v) is 6.99. The van der Waals surface area contributed by atoms with E-state index in [9.17, 15) is 5.26 Å². The van der Waals surface area contributed by atoms with E-state index in [4.69, 9.17) is 0 Å². The second-order valence-electron chi connectivity index (χ2n) is 5.93. The summed E-state index contributed by atoms with van der Waals surface area (Å²) in [5.74, 6) is 0.00187. The maximum Gasteiger partial charge on any atom is 0.222 e. The first-order chi connectivity index (χ1) is 13.3. The molecule has 1 atom stereocenters. The summed E-state index contributed by atoms with van der Waals surface area (Å²) in [6, 6.07) is 15.9. The van der Waals surface area contributed by atoms with Crippen LogP contribution in [0.15, 0.2) is 61.1 Å². The molecular formula is C20H16N6S. The van der Waals surface area contributed by atoms with E-state index in [1.54, 1.807) is 18.5 Å². The lowest BCUT2D eigenvalue weighted by Crippen LogP contribution is -2.10. The minimum absolute atomic E-state index is 0.510. The molecule has 27 heavy (non-hydrogen) atoms. The topological polar surface area (TPSA) is 87.4 Å². The van der Waals surface area contributed by atoms with Crippen molar-refractivity contribution in [3.63, 3.8) is 0 Å². The number of nitrogens with zero attached hydrogens (tertiary/aromatic N) is 5. The molecule has 0 spiro atoms. The fourth-order valence-corrected chi connectivity index (χ4v) is 3.77. The minimum atomic E-state index is -0.510. The summed E-state index contributed by atoms with van der Waals surface area (Å²) in [5, 5.41) is 13.7. The van der Waals surface area contributed by atoms with Gasteiger partial charge in [0.15, 0.2) is 0 Å². The molecule has 3 aromatic heterocycles. The monoisotopic (exact) mass is 372 g/mol. The van der Waals surface area contributed by atoms with Crippen LogP contribution >= 0.6 is 11.3 Å². The van der Waals surface area contributed by atoms with Gasteiger partial charge in [0.25, 0.3) is 0 Å². The lowest BCUT2D eigenvalue weighted by Gasteiger charge is -2.08. The van der Waals surface area contributed by atoms with Crippen LogP contribution < -0.4 is 5.32 Å². The first-order valence-electron chi connectivity index (χ1n) is 8.54. The van der Waals surface area contributed by atoms with Crippen LogP contribution in [-0.4, -0.2) is 26.5 Å². The molecule has 0 bridgehead atoms. The molecule has 0 saturated carbocycles. The largest absolute Gasteiger partial charge is 0.354 e. The van der Waals surface area contributed by atoms with Gasteiger partial charge in [0.05, 0.1) is 22.0 Å². The quantitative estimate of drug-likeness (QED) is 0.554. The van der Waals surface area contributed by atoms with Gasteiger partial charge in [-0.2, -0.15) is 5.26 Å². The Balaban J connectivity index is 1.51. The smallest absolute Gasteiger partial charge is 0.222 e. The Hall–Kier alpha value is -3.37. The number of aromatic nitrogens is 4. The summed E-state index contributed by atoms with van der Waals surface area (Å²) in [6.07, 6.45) is 6.10. The number of anilines is 1. The van der Waals surface area contributed by atoms with Crippen molar-refractivity contribution in [2.45, 2.75) is 12.3 Å². The highest BCUT2D eigenvalue weighted by Gasteiger charge is 2.20. The van der Waals surface area contributed by atoms with Crippen molar-refractivity contribution >= 4 is 27.5 Å². The zero-order valence-corrected chi connectivity index (χ0v) is 15.2. The summed E-state index contributed by atoms with van der Waals surface area (Å²) in [5.41, 5.74) is 2.70. The van der Waals surface area contributed by atoms with Gasteiger partial charge in [-0.15, -0.1) is 11.3 Å². The number of hydrogen-bond donors (Lipinski definition) is 1. The third kappa shape index (κ3) is 3.91. The molecule has 1 aromatic carbocycles. The number of nitrogens with one attached hydrogen (secondary N) is 1. The standard InChI is InChI=1S/C20H16N6S/c21-12-15(19-25-17-5-1-2-6-18(17)27-19)16-8-11-24-20(26-16)23-10-7-14-4-3-9-22-13-14/h1-6,8-9,11,13,15H,7,10H2,(H,23,24,26)/t15-/m0/s1. The molecule has 132 valence electrons. The van der Waals surface area contributed by atoms with Gasteiger partial charge in [0.1, 0.15) is 10.9 Å². The summed E-state index contributed by atoms with van der Waals surface area (Å²) in [6.45, 7) is 0.688. The summed E-state index contributed by atoms with van der Waals surface area (Å²) in [4.78, 5) is 17.5. The lowest BCUT2D eigenvalue weighted by atomic mass is 10.1. The zero-order valence-electron chi connectivity index (χ0n) is 14.4. The van der Waals surface area contributed by atoms with E-state index < -0.39 is 5.92 Å². The van der Waals surface area contributed by atoms with E-state index >= 15 is 0 Å².